The summed E-state index contributed by atoms with van der Waals surface area (Å²) in [7, 11) is 0. The molecule has 0 radical (unpaired) electrons. The molecule has 3 rings (SSSR count). The molecular weight excluding hydrogens is 264 g/mol. The molecule has 0 atom stereocenters. The molecule has 2 aromatic rings. The molecule has 0 bridgehead atoms. The van der Waals surface area contributed by atoms with E-state index in [1.54, 1.807) is 11.3 Å². The summed E-state index contributed by atoms with van der Waals surface area (Å²) >= 11 is 8.18. The van der Waals surface area contributed by atoms with Crippen LogP contribution < -0.4 is 0 Å². The van der Waals surface area contributed by atoms with E-state index in [0.717, 1.165) is 28.9 Å². The number of rotatable bonds is 1. The zero-order valence-electron chi connectivity index (χ0n) is 11.0. The normalized spacial score (nSPS) is 15.3. The van der Waals surface area contributed by atoms with E-state index in [1.165, 1.54) is 23.3 Å². The summed E-state index contributed by atoms with van der Waals surface area (Å²) < 4.78 is 0. The molecule has 0 fully saturated rings. The summed E-state index contributed by atoms with van der Waals surface area (Å²) in [5.41, 5.74) is 1.60. The van der Waals surface area contributed by atoms with Crippen LogP contribution in [0.2, 0.25) is 5.15 Å². The number of thiophene rings is 1. The Kier molecular flexibility index (Phi) is 2.87. The van der Waals surface area contributed by atoms with E-state index in [2.05, 4.69) is 25.8 Å². The molecule has 0 N–H and O–H groups in total. The summed E-state index contributed by atoms with van der Waals surface area (Å²) in [4.78, 5) is 11.8. The highest BCUT2D eigenvalue weighted by Crippen LogP contribution is 2.39. The lowest BCUT2D eigenvalue weighted by Crippen LogP contribution is -2.12. The van der Waals surface area contributed by atoms with E-state index in [-0.39, 0.29) is 5.41 Å². The summed E-state index contributed by atoms with van der Waals surface area (Å²) in [6, 6.07) is 0. The van der Waals surface area contributed by atoms with Crippen molar-refractivity contribution in [3.63, 3.8) is 0 Å². The second-order valence-electron chi connectivity index (χ2n) is 6.21. The predicted octanol–water partition coefficient (Wildman–Crippen LogP) is 4.42. The first-order valence-electron chi connectivity index (χ1n) is 6.41. The Labute approximate surface area is 116 Å². The maximum absolute atomic E-state index is 6.37. The molecule has 18 heavy (non-hydrogen) atoms. The molecule has 4 heteroatoms. The molecule has 2 heterocycles. The lowest BCUT2D eigenvalue weighted by Gasteiger charge is -2.16. The van der Waals surface area contributed by atoms with Gasteiger partial charge in [0.05, 0.1) is 5.39 Å². The Morgan fingerprint density at radius 3 is 2.72 bits per heavy atom. The minimum Gasteiger partial charge on any atom is -0.222 e. The van der Waals surface area contributed by atoms with Crippen LogP contribution in [-0.4, -0.2) is 9.97 Å². The first kappa shape index (κ1) is 12.4. The number of fused-ring (bicyclic) bond motifs is 3. The lowest BCUT2D eigenvalue weighted by molar-refractivity contribution is 0.401. The van der Waals surface area contributed by atoms with Crippen molar-refractivity contribution in [1.82, 2.24) is 9.97 Å². The fourth-order valence-electron chi connectivity index (χ4n) is 2.55. The van der Waals surface area contributed by atoms with Crippen molar-refractivity contribution >= 4 is 33.2 Å². The van der Waals surface area contributed by atoms with E-state index in [1.807, 2.05) is 0 Å². The van der Waals surface area contributed by atoms with Gasteiger partial charge in [0.1, 0.15) is 15.8 Å². The van der Waals surface area contributed by atoms with Gasteiger partial charge in [0, 0.05) is 11.3 Å². The Hall–Kier alpha value is -0.670. The minimum atomic E-state index is 0.191. The Bertz CT molecular complexity index is 610. The molecule has 0 saturated heterocycles. The maximum Gasteiger partial charge on any atom is 0.141 e. The monoisotopic (exact) mass is 280 g/mol. The summed E-state index contributed by atoms with van der Waals surface area (Å²) in [6.45, 7) is 6.59. The van der Waals surface area contributed by atoms with Crippen LogP contribution in [0.4, 0.5) is 0 Å². The SMILES string of the molecule is CC(C)(C)Cc1nc(Cl)c2c3c(sc2n1)CCC3. The third-order valence-corrected chi connectivity index (χ3v) is 4.71. The van der Waals surface area contributed by atoms with E-state index in [4.69, 9.17) is 16.6 Å². The van der Waals surface area contributed by atoms with Crippen LogP contribution in [0.25, 0.3) is 10.2 Å². The number of halogens is 1. The van der Waals surface area contributed by atoms with Crippen molar-refractivity contribution in [3.8, 4) is 0 Å². The van der Waals surface area contributed by atoms with Crippen molar-refractivity contribution in [1.29, 1.82) is 0 Å². The molecule has 0 spiro atoms. The molecule has 2 aromatic heterocycles. The lowest BCUT2D eigenvalue weighted by atomic mass is 9.92. The van der Waals surface area contributed by atoms with Crippen LogP contribution in [0, 0.1) is 5.41 Å². The Balaban J connectivity index is 2.12. The number of hydrogen-bond donors (Lipinski definition) is 0. The number of nitrogens with zero attached hydrogens (tertiary/aromatic N) is 2. The van der Waals surface area contributed by atoms with Crippen molar-refractivity contribution in [2.75, 3.05) is 0 Å². The molecule has 1 aliphatic carbocycles. The zero-order chi connectivity index (χ0) is 12.9. The van der Waals surface area contributed by atoms with E-state index >= 15 is 0 Å². The van der Waals surface area contributed by atoms with Gasteiger partial charge in [-0.25, -0.2) is 9.97 Å². The molecule has 0 aromatic carbocycles. The highest BCUT2D eigenvalue weighted by molar-refractivity contribution is 7.19. The van der Waals surface area contributed by atoms with Gasteiger partial charge in [-0.1, -0.05) is 32.4 Å². The van der Waals surface area contributed by atoms with E-state index in [0.29, 0.717) is 5.15 Å². The molecule has 0 amide bonds. The van der Waals surface area contributed by atoms with Crippen LogP contribution >= 0.6 is 22.9 Å². The van der Waals surface area contributed by atoms with Crippen molar-refractivity contribution < 1.29 is 0 Å². The Morgan fingerprint density at radius 2 is 2.00 bits per heavy atom. The fourth-order valence-corrected chi connectivity index (χ4v) is 4.18. The standard InChI is InChI=1S/C14H17ClN2S/c1-14(2,3)7-10-16-12(15)11-8-5-4-6-9(8)18-13(11)17-10/h4-7H2,1-3H3. The van der Waals surface area contributed by atoms with Gasteiger partial charge in [0.2, 0.25) is 0 Å². The Morgan fingerprint density at radius 1 is 1.22 bits per heavy atom. The highest BCUT2D eigenvalue weighted by atomic mass is 35.5. The van der Waals surface area contributed by atoms with Crippen LogP contribution in [0.15, 0.2) is 0 Å². The van der Waals surface area contributed by atoms with Gasteiger partial charge >= 0.3 is 0 Å². The largest absolute Gasteiger partial charge is 0.222 e. The molecule has 96 valence electrons. The van der Waals surface area contributed by atoms with Crippen molar-refractivity contribution in [2.24, 2.45) is 5.41 Å². The third kappa shape index (κ3) is 2.14. The van der Waals surface area contributed by atoms with E-state index in [9.17, 15) is 0 Å². The molecule has 1 aliphatic rings. The summed E-state index contributed by atoms with van der Waals surface area (Å²) in [6.07, 6.45) is 4.43. The molecule has 0 aliphatic heterocycles. The van der Waals surface area contributed by atoms with E-state index < -0.39 is 0 Å². The van der Waals surface area contributed by atoms with Crippen LogP contribution in [0.5, 0.6) is 0 Å². The fraction of sp³-hybridized carbons (Fsp3) is 0.571. The summed E-state index contributed by atoms with van der Waals surface area (Å²) in [5.74, 6) is 0.875. The highest BCUT2D eigenvalue weighted by Gasteiger charge is 2.22. The van der Waals surface area contributed by atoms with Gasteiger partial charge in [-0.05, 0) is 30.2 Å². The number of aryl methyl sites for hydroxylation is 2. The quantitative estimate of drug-likeness (QED) is 0.723. The van der Waals surface area contributed by atoms with Gasteiger partial charge in [0.25, 0.3) is 0 Å². The topological polar surface area (TPSA) is 25.8 Å². The minimum absolute atomic E-state index is 0.191. The molecule has 0 unspecified atom stereocenters. The number of aromatic nitrogens is 2. The van der Waals surface area contributed by atoms with Crippen LogP contribution in [0.3, 0.4) is 0 Å². The van der Waals surface area contributed by atoms with Gasteiger partial charge < -0.3 is 0 Å². The average molecular weight is 281 g/mol. The average Bonchev–Trinajstić information content (AvgIpc) is 2.72. The first-order chi connectivity index (χ1) is 8.44. The van der Waals surface area contributed by atoms with Crippen LogP contribution in [0.1, 0.15) is 43.5 Å². The van der Waals surface area contributed by atoms with Gasteiger partial charge in [0.15, 0.2) is 0 Å². The first-order valence-corrected chi connectivity index (χ1v) is 7.60. The second kappa shape index (κ2) is 4.17. The van der Waals surface area contributed by atoms with Crippen molar-refractivity contribution in [3.05, 3.63) is 21.4 Å². The molecular formula is C14H17ClN2S. The predicted molar refractivity (Wildman–Crippen MR) is 77.6 cm³/mol. The summed E-state index contributed by atoms with van der Waals surface area (Å²) in [5, 5.41) is 1.77. The molecule has 2 nitrogen and oxygen atoms in total. The van der Waals surface area contributed by atoms with Gasteiger partial charge in [-0.3, -0.25) is 0 Å². The molecule has 0 saturated carbocycles. The smallest absolute Gasteiger partial charge is 0.141 e. The number of hydrogen-bond acceptors (Lipinski definition) is 3. The van der Waals surface area contributed by atoms with Crippen LogP contribution in [-0.2, 0) is 19.3 Å². The third-order valence-electron chi connectivity index (χ3n) is 3.26. The van der Waals surface area contributed by atoms with Gasteiger partial charge in [-0.15, -0.1) is 11.3 Å². The van der Waals surface area contributed by atoms with Gasteiger partial charge in [-0.2, -0.15) is 0 Å². The van der Waals surface area contributed by atoms with Crippen molar-refractivity contribution in [2.45, 2.75) is 46.5 Å². The second-order valence-corrected chi connectivity index (χ2v) is 7.65. The zero-order valence-corrected chi connectivity index (χ0v) is 12.6. The maximum atomic E-state index is 6.37.